The molecule has 1 unspecified atom stereocenters. The van der Waals surface area contributed by atoms with Gasteiger partial charge in [-0.1, -0.05) is 19.1 Å². The number of carbonyl (C=O) groups is 1. The summed E-state index contributed by atoms with van der Waals surface area (Å²) in [5.41, 5.74) is 3.37. The number of aliphatic hydroxyl groups excluding tert-OH is 2. The lowest BCUT2D eigenvalue weighted by Gasteiger charge is -2.32. The molecular weight excluding hydrogens is 366 g/mol. The molecule has 6 nitrogen and oxygen atoms in total. The van der Waals surface area contributed by atoms with E-state index in [1.807, 2.05) is 13.0 Å². The number of carbonyl (C=O) groups excluding carboxylic acids is 1. The van der Waals surface area contributed by atoms with Crippen molar-refractivity contribution in [3.8, 4) is 0 Å². The Morgan fingerprint density at radius 2 is 2.00 bits per heavy atom. The Bertz CT molecular complexity index is 815. The van der Waals surface area contributed by atoms with Gasteiger partial charge in [-0.3, -0.25) is 9.78 Å². The molecule has 0 aliphatic carbocycles. The van der Waals surface area contributed by atoms with Gasteiger partial charge < -0.3 is 15.1 Å². The molecule has 6 heteroatoms. The van der Waals surface area contributed by atoms with E-state index < -0.39 is 6.10 Å². The van der Waals surface area contributed by atoms with E-state index in [1.54, 1.807) is 18.3 Å². The summed E-state index contributed by atoms with van der Waals surface area (Å²) in [4.78, 5) is 23.8. The van der Waals surface area contributed by atoms with Gasteiger partial charge in [0.05, 0.1) is 12.3 Å². The molecule has 0 aromatic carbocycles. The maximum atomic E-state index is 12.5. The Balaban J connectivity index is 1.60. The first-order valence-corrected chi connectivity index (χ1v) is 10.4. The number of ketones is 1. The monoisotopic (exact) mass is 397 g/mol. The predicted molar refractivity (Wildman–Crippen MR) is 113 cm³/mol. The first-order chi connectivity index (χ1) is 14.0. The molecule has 1 atom stereocenters. The van der Waals surface area contributed by atoms with Crippen LogP contribution in [0, 0.1) is 12.8 Å². The molecule has 1 aliphatic heterocycles. The van der Waals surface area contributed by atoms with Gasteiger partial charge in [-0.25, -0.2) is 4.98 Å². The second-order valence-electron chi connectivity index (χ2n) is 8.11. The molecule has 0 amide bonds. The minimum Gasteiger partial charge on any atom is -0.393 e. The Hall–Kier alpha value is -2.31. The van der Waals surface area contributed by atoms with Crippen molar-refractivity contribution in [3.63, 3.8) is 0 Å². The van der Waals surface area contributed by atoms with Gasteiger partial charge in [-0.05, 0) is 55.4 Å². The van der Waals surface area contributed by atoms with Gasteiger partial charge in [0.15, 0.2) is 0 Å². The number of hydrogen-bond acceptors (Lipinski definition) is 6. The van der Waals surface area contributed by atoms with Crippen molar-refractivity contribution >= 4 is 11.6 Å². The number of Topliss-reactive ketones (excluding diaryl/α,β-unsaturated/α-hetero) is 1. The average Bonchev–Trinajstić information content (AvgIpc) is 2.73. The van der Waals surface area contributed by atoms with Crippen LogP contribution in [0.4, 0.5) is 5.82 Å². The van der Waals surface area contributed by atoms with Crippen LogP contribution in [0.25, 0.3) is 0 Å². The van der Waals surface area contributed by atoms with E-state index in [4.69, 9.17) is 10.1 Å². The first kappa shape index (κ1) is 21.4. The van der Waals surface area contributed by atoms with Gasteiger partial charge in [0, 0.05) is 37.8 Å². The Kier molecular flexibility index (Phi) is 7.34. The van der Waals surface area contributed by atoms with Crippen molar-refractivity contribution in [2.24, 2.45) is 5.92 Å². The number of nitrogens with zero attached hydrogens (tertiary/aromatic N) is 3. The Morgan fingerprint density at radius 1 is 1.24 bits per heavy atom. The zero-order valence-corrected chi connectivity index (χ0v) is 17.3. The zero-order chi connectivity index (χ0) is 20.8. The number of aliphatic hydroxyl groups is 2. The van der Waals surface area contributed by atoms with E-state index in [9.17, 15) is 9.90 Å². The maximum absolute atomic E-state index is 12.5. The summed E-state index contributed by atoms with van der Waals surface area (Å²) in [5.74, 6) is 1.95. The number of rotatable bonds is 8. The molecule has 0 radical (unpaired) electrons. The second kappa shape index (κ2) is 9.94. The van der Waals surface area contributed by atoms with E-state index in [0.29, 0.717) is 25.0 Å². The highest BCUT2D eigenvalue weighted by Gasteiger charge is 2.20. The minimum atomic E-state index is -0.981. The highest BCUT2D eigenvalue weighted by molar-refractivity contribution is 5.81. The second-order valence-corrected chi connectivity index (χ2v) is 8.11. The van der Waals surface area contributed by atoms with Crippen LogP contribution in [0.5, 0.6) is 0 Å². The lowest BCUT2D eigenvalue weighted by molar-refractivity contribution is -0.118. The molecule has 0 spiro atoms. The highest BCUT2D eigenvalue weighted by atomic mass is 16.3. The van der Waals surface area contributed by atoms with E-state index in [-0.39, 0.29) is 12.4 Å². The molecule has 0 saturated carbocycles. The van der Waals surface area contributed by atoms with Crippen molar-refractivity contribution < 1.29 is 15.0 Å². The van der Waals surface area contributed by atoms with E-state index in [2.05, 4.69) is 22.9 Å². The van der Waals surface area contributed by atoms with Crippen LogP contribution in [-0.2, 0) is 17.6 Å². The van der Waals surface area contributed by atoms with Crippen LogP contribution in [-0.4, -0.2) is 45.7 Å². The number of aryl methyl sites for hydroxylation is 2. The zero-order valence-electron chi connectivity index (χ0n) is 17.3. The van der Waals surface area contributed by atoms with Crippen LogP contribution < -0.4 is 4.90 Å². The summed E-state index contributed by atoms with van der Waals surface area (Å²) in [6.07, 6.45) is 4.44. The highest BCUT2D eigenvalue weighted by Crippen LogP contribution is 2.26. The molecule has 156 valence electrons. The molecule has 0 bridgehead atoms. The van der Waals surface area contributed by atoms with Crippen molar-refractivity contribution in [1.29, 1.82) is 0 Å². The Labute approximate surface area is 172 Å². The fourth-order valence-electron chi connectivity index (χ4n) is 3.68. The lowest BCUT2D eigenvalue weighted by atomic mass is 9.98. The van der Waals surface area contributed by atoms with E-state index >= 15 is 0 Å². The van der Waals surface area contributed by atoms with Crippen molar-refractivity contribution in [2.75, 3.05) is 24.6 Å². The normalized spacial score (nSPS) is 16.1. The third-order valence-corrected chi connectivity index (χ3v) is 5.61. The number of piperidine rings is 1. The van der Waals surface area contributed by atoms with Crippen molar-refractivity contribution in [2.45, 2.75) is 52.1 Å². The topological polar surface area (TPSA) is 86.5 Å². The van der Waals surface area contributed by atoms with Crippen molar-refractivity contribution in [1.82, 2.24) is 9.97 Å². The van der Waals surface area contributed by atoms with Gasteiger partial charge >= 0.3 is 0 Å². The SMILES string of the molecule is Cc1ccc(CCC(=O)Cc2ccc(C(O)CO)nc2)c(N2CCC(C)CC2)n1. The lowest BCUT2D eigenvalue weighted by Crippen LogP contribution is -2.34. The summed E-state index contributed by atoms with van der Waals surface area (Å²) in [5, 5.41) is 18.6. The molecular formula is C23H31N3O3. The van der Waals surface area contributed by atoms with Crippen LogP contribution in [0.3, 0.4) is 0 Å². The molecule has 1 fully saturated rings. The molecule has 2 aromatic rings. The van der Waals surface area contributed by atoms with Crippen LogP contribution >= 0.6 is 0 Å². The Morgan fingerprint density at radius 3 is 2.66 bits per heavy atom. The summed E-state index contributed by atoms with van der Waals surface area (Å²) in [7, 11) is 0. The van der Waals surface area contributed by atoms with Gasteiger partial charge in [0.2, 0.25) is 0 Å². The van der Waals surface area contributed by atoms with Gasteiger partial charge in [0.25, 0.3) is 0 Å². The molecule has 2 N–H and O–H groups in total. The third kappa shape index (κ3) is 5.84. The van der Waals surface area contributed by atoms with Gasteiger partial charge in [-0.15, -0.1) is 0 Å². The van der Waals surface area contributed by atoms with Crippen LogP contribution in [0.2, 0.25) is 0 Å². The van der Waals surface area contributed by atoms with Gasteiger partial charge in [0.1, 0.15) is 17.7 Å². The summed E-state index contributed by atoms with van der Waals surface area (Å²) in [6, 6.07) is 7.57. The number of hydrogen-bond donors (Lipinski definition) is 2. The smallest absolute Gasteiger partial charge is 0.137 e. The molecule has 3 rings (SSSR count). The third-order valence-electron chi connectivity index (χ3n) is 5.61. The largest absolute Gasteiger partial charge is 0.393 e. The summed E-state index contributed by atoms with van der Waals surface area (Å²) >= 11 is 0. The number of aromatic nitrogens is 2. The first-order valence-electron chi connectivity index (χ1n) is 10.4. The maximum Gasteiger partial charge on any atom is 0.137 e. The summed E-state index contributed by atoms with van der Waals surface area (Å²) < 4.78 is 0. The molecule has 1 saturated heterocycles. The van der Waals surface area contributed by atoms with E-state index in [0.717, 1.165) is 41.6 Å². The molecule has 2 aromatic heterocycles. The van der Waals surface area contributed by atoms with Gasteiger partial charge in [-0.2, -0.15) is 0 Å². The van der Waals surface area contributed by atoms with Crippen LogP contribution in [0.1, 0.15) is 54.8 Å². The molecule has 29 heavy (non-hydrogen) atoms. The standard InChI is InChI=1S/C23H31N3O3/c1-16-9-11-26(12-10-16)23-19(5-3-17(2)25-23)6-7-20(28)13-18-4-8-21(24-14-18)22(29)15-27/h3-5,8,14,16,22,27,29H,6-7,9-13,15H2,1-2H3. The average molecular weight is 398 g/mol. The van der Waals surface area contributed by atoms with Crippen molar-refractivity contribution in [3.05, 3.63) is 53.0 Å². The predicted octanol–water partition coefficient (Wildman–Crippen LogP) is 2.79. The molecule has 3 heterocycles. The quantitative estimate of drug-likeness (QED) is 0.712. The van der Waals surface area contributed by atoms with Crippen LogP contribution in [0.15, 0.2) is 30.5 Å². The number of anilines is 1. The summed E-state index contributed by atoms with van der Waals surface area (Å²) in [6.45, 7) is 5.99. The van der Waals surface area contributed by atoms with E-state index in [1.165, 1.54) is 12.8 Å². The fraction of sp³-hybridized carbons (Fsp3) is 0.522. The number of pyridine rings is 2. The fourth-order valence-corrected chi connectivity index (χ4v) is 3.68. The minimum absolute atomic E-state index is 0.154. The molecule has 1 aliphatic rings.